The lowest BCUT2D eigenvalue weighted by Gasteiger charge is -2.14. The maximum absolute atomic E-state index is 13.6. The standard InChI is InChI=1S/C30H22N6O2/c31-27-25(28(35-34-27)32-21-11-5-2-6-12-21)26(37)19-15-17-22(18-16-19)36-29(20-9-3-1-4-10-20)33-24-14-8-7-13-23(24)30(36)38/h1-18H,(H4,31,32,34,35). The van der Waals surface area contributed by atoms with Crippen LogP contribution in [0.25, 0.3) is 28.0 Å². The molecule has 0 unspecified atom stereocenters. The highest BCUT2D eigenvalue weighted by Gasteiger charge is 2.21. The highest BCUT2D eigenvalue weighted by Crippen LogP contribution is 2.27. The van der Waals surface area contributed by atoms with Crippen LogP contribution in [0.5, 0.6) is 0 Å². The monoisotopic (exact) mass is 498 g/mol. The van der Waals surface area contributed by atoms with Crippen molar-refractivity contribution in [3.63, 3.8) is 0 Å². The van der Waals surface area contributed by atoms with E-state index in [-0.39, 0.29) is 22.7 Å². The lowest BCUT2D eigenvalue weighted by Crippen LogP contribution is -2.22. The van der Waals surface area contributed by atoms with Crippen molar-refractivity contribution in [2.45, 2.75) is 0 Å². The van der Waals surface area contributed by atoms with Crippen molar-refractivity contribution < 1.29 is 4.79 Å². The summed E-state index contributed by atoms with van der Waals surface area (Å²) in [5.74, 6) is 0.721. The molecule has 8 nitrogen and oxygen atoms in total. The minimum absolute atomic E-state index is 0.0961. The van der Waals surface area contributed by atoms with Gasteiger partial charge in [-0.25, -0.2) is 4.98 Å². The molecular weight excluding hydrogens is 476 g/mol. The van der Waals surface area contributed by atoms with Crippen molar-refractivity contribution in [3.05, 3.63) is 131 Å². The number of aromatic nitrogens is 4. The smallest absolute Gasteiger partial charge is 0.266 e. The number of hydrogen-bond acceptors (Lipinski definition) is 6. The predicted octanol–water partition coefficient (Wildman–Crippen LogP) is 5.33. The van der Waals surface area contributed by atoms with E-state index in [9.17, 15) is 9.59 Å². The minimum Gasteiger partial charge on any atom is -0.382 e. The van der Waals surface area contributed by atoms with Crippen LogP contribution in [0.1, 0.15) is 15.9 Å². The molecule has 2 heterocycles. The molecule has 0 saturated carbocycles. The molecule has 0 fully saturated rings. The summed E-state index contributed by atoms with van der Waals surface area (Å²) < 4.78 is 1.57. The lowest BCUT2D eigenvalue weighted by atomic mass is 10.0. The van der Waals surface area contributed by atoms with Gasteiger partial charge in [-0.15, -0.1) is 0 Å². The van der Waals surface area contributed by atoms with Gasteiger partial charge < -0.3 is 11.1 Å². The first-order valence-electron chi connectivity index (χ1n) is 12.0. The normalized spacial score (nSPS) is 10.9. The Kier molecular flexibility index (Phi) is 5.74. The molecule has 0 aliphatic heterocycles. The largest absolute Gasteiger partial charge is 0.382 e. The quantitative estimate of drug-likeness (QED) is 0.267. The zero-order valence-corrected chi connectivity index (χ0v) is 20.1. The fourth-order valence-corrected chi connectivity index (χ4v) is 4.40. The van der Waals surface area contributed by atoms with Gasteiger partial charge in [0.2, 0.25) is 5.78 Å². The van der Waals surface area contributed by atoms with Crippen LogP contribution in [0.4, 0.5) is 17.3 Å². The van der Waals surface area contributed by atoms with E-state index in [1.54, 1.807) is 34.9 Å². The summed E-state index contributed by atoms with van der Waals surface area (Å²) in [7, 11) is 0. The van der Waals surface area contributed by atoms with Gasteiger partial charge in [0.1, 0.15) is 17.2 Å². The Morgan fingerprint density at radius 2 is 1.47 bits per heavy atom. The van der Waals surface area contributed by atoms with Crippen molar-refractivity contribution in [1.29, 1.82) is 0 Å². The van der Waals surface area contributed by atoms with Gasteiger partial charge in [-0.2, -0.15) is 5.10 Å². The summed E-state index contributed by atoms with van der Waals surface area (Å²) in [6.45, 7) is 0. The van der Waals surface area contributed by atoms with Crippen LogP contribution in [0, 0.1) is 0 Å². The van der Waals surface area contributed by atoms with Gasteiger partial charge in [0, 0.05) is 16.8 Å². The Labute approximate surface area is 217 Å². The molecule has 0 bridgehead atoms. The molecule has 4 aromatic carbocycles. The van der Waals surface area contributed by atoms with Crippen LogP contribution in [0.2, 0.25) is 0 Å². The molecule has 0 saturated heterocycles. The molecule has 4 N–H and O–H groups in total. The highest BCUT2D eigenvalue weighted by atomic mass is 16.1. The first kappa shape index (κ1) is 22.9. The highest BCUT2D eigenvalue weighted by molar-refractivity contribution is 6.15. The number of nitrogen functional groups attached to an aromatic ring is 1. The molecule has 38 heavy (non-hydrogen) atoms. The van der Waals surface area contributed by atoms with E-state index in [4.69, 9.17) is 10.7 Å². The second-order valence-electron chi connectivity index (χ2n) is 8.69. The van der Waals surface area contributed by atoms with E-state index >= 15 is 0 Å². The number of nitrogens with zero attached hydrogens (tertiary/aromatic N) is 3. The summed E-state index contributed by atoms with van der Waals surface area (Å²) in [5.41, 5.74) is 9.31. The number of benzene rings is 4. The van der Waals surface area contributed by atoms with Gasteiger partial charge in [0.25, 0.3) is 5.56 Å². The van der Waals surface area contributed by atoms with E-state index in [0.29, 0.717) is 33.8 Å². The average Bonchev–Trinajstić information content (AvgIpc) is 3.33. The van der Waals surface area contributed by atoms with Crippen LogP contribution in [-0.4, -0.2) is 25.5 Å². The fraction of sp³-hybridized carbons (Fsp3) is 0. The molecule has 6 aromatic rings. The second-order valence-corrected chi connectivity index (χ2v) is 8.69. The third kappa shape index (κ3) is 4.10. The number of nitrogens with one attached hydrogen (secondary N) is 2. The number of rotatable bonds is 6. The summed E-state index contributed by atoms with van der Waals surface area (Å²) >= 11 is 0. The summed E-state index contributed by atoms with van der Waals surface area (Å²) in [4.78, 5) is 31.9. The topological polar surface area (TPSA) is 119 Å². The number of hydrogen-bond donors (Lipinski definition) is 3. The van der Waals surface area contributed by atoms with Crippen molar-refractivity contribution in [2.24, 2.45) is 0 Å². The molecule has 0 aliphatic rings. The number of carbonyl (C=O) groups excluding carboxylic acids is 1. The zero-order valence-electron chi connectivity index (χ0n) is 20.1. The number of anilines is 3. The van der Waals surface area contributed by atoms with E-state index in [1.165, 1.54) is 0 Å². The van der Waals surface area contributed by atoms with Gasteiger partial charge in [-0.1, -0.05) is 60.7 Å². The van der Waals surface area contributed by atoms with E-state index in [0.717, 1.165) is 11.3 Å². The fourth-order valence-electron chi connectivity index (χ4n) is 4.40. The molecule has 0 amide bonds. The average molecular weight is 499 g/mol. The number of H-pyrrole nitrogens is 1. The van der Waals surface area contributed by atoms with Crippen molar-refractivity contribution in [2.75, 3.05) is 11.1 Å². The Hall–Kier alpha value is -5.50. The molecule has 184 valence electrons. The van der Waals surface area contributed by atoms with Crippen LogP contribution in [0.3, 0.4) is 0 Å². The van der Waals surface area contributed by atoms with Crippen molar-refractivity contribution in [1.82, 2.24) is 19.7 Å². The van der Waals surface area contributed by atoms with Crippen molar-refractivity contribution >= 4 is 34.0 Å². The summed E-state index contributed by atoms with van der Waals surface area (Å²) in [6, 6.07) is 33.0. The molecule has 2 aromatic heterocycles. The number of fused-ring (bicyclic) bond motifs is 1. The first-order chi connectivity index (χ1) is 18.6. The third-order valence-corrected chi connectivity index (χ3v) is 6.26. The SMILES string of the molecule is Nc1n[nH]c(Nc2ccccc2)c1C(=O)c1ccc(-n2c(-c3ccccc3)nc3ccccc3c2=O)cc1. The molecule has 8 heteroatoms. The maximum atomic E-state index is 13.6. The summed E-state index contributed by atoms with van der Waals surface area (Å²) in [5, 5.41) is 10.5. The molecule has 0 spiro atoms. The van der Waals surface area contributed by atoms with Gasteiger partial charge in [0.15, 0.2) is 5.82 Å². The van der Waals surface area contributed by atoms with E-state index in [1.807, 2.05) is 78.9 Å². The van der Waals surface area contributed by atoms with Gasteiger partial charge in [0.05, 0.1) is 16.6 Å². The summed E-state index contributed by atoms with van der Waals surface area (Å²) in [6.07, 6.45) is 0. The number of para-hydroxylation sites is 2. The minimum atomic E-state index is -0.298. The maximum Gasteiger partial charge on any atom is 0.266 e. The number of carbonyl (C=O) groups is 1. The first-order valence-corrected chi connectivity index (χ1v) is 12.0. The Morgan fingerprint density at radius 1 is 0.816 bits per heavy atom. The molecule has 0 atom stereocenters. The van der Waals surface area contributed by atoms with Crippen LogP contribution in [-0.2, 0) is 0 Å². The Morgan fingerprint density at radius 3 is 2.21 bits per heavy atom. The van der Waals surface area contributed by atoms with Crippen LogP contribution < -0.4 is 16.6 Å². The van der Waals surface area contributed by atoms with Crippen LogP contribution in [0.15, 0.2) is 114 Å². The van der Waals surface area contributed by atoms with E-state index < -0.39 is 0 Å². The zero-order chi connectivity index (χ0) is 26.1. The molecule has 0 radical (unpaired) electrons. The lowest BCUT2D eigenvalue weighted by molar-refractivity contribution is 0.104. The number of ketones is 1. The Bertz CT molecular complexity index is 1830. The number of nitrogens with two attached hydrogens (primary N) is 1. The number of aromatic amines is 1. The second kappa shape index (κ2) is 9.51. The predicted molar refractivity (Wildman–Crippen MR) is 149 cm³/mol. The van der Waals surface area contributed by atoms with E-state index in [2.05, 4.69) is 15.5 Å². The van der Waals surface area contributed by atoms with Gasteiger partial charge >= 0.3 is 0 Å². The molecular formula is C30H22N6O2. The molecule has 6 rings (SSSR count). The Balaban J connectivity index is 1.41. The molecule has 0 aliphatic carbocycles. The third-order valence-electron chi connectivity index (χ3n) is 6.26. The van der Waals surface area contributed by atoms with Gasteiger partial charge in [-0.3, -0.25) is 19.3 Å². The van der Waals surface area contributed by atoms with Crippen LogP contribution >= 0.6 is 0 Å². The van der Waals surface area contributed by atoms with Crippen molar-refractivity contribution in [3.8, 4) is 17.1 Å². The van der Waals surface area contributed by atoms with Gasteiger partial charge in [-0.05, 0) is 48.5 Å².